The Balaban J connectivity index is 1.35. The van der Waals surface area contributed by atoms with Crippen LogP contribution in [0.3, 0.4) is 0 Å². The van der Waals surface area contributed by atoms with Gasteiger partial charge in [0.15, 0.2) is 11.4 Å². The zero-order chi connectivity index (χ0) is 24.4. The maximum Gasteiger partial charge on any atom is 0.278 e. The van der Waals surface area contributed by atoms with Crippen molar-refractivity contribution in [1.29, 1.82) is 0 Å². The van der Waals surface area contributed by atoms with Gasteiger partial charge in [0.25, 0.3) is 5.91 Å². The van der Waals surface area contributed by atoms with Gasteiger partial charge in [-0.2, -0.15) is 11.8 Å². The SMILES string of the molecule is O=C1c2c(O)c(=O)ccn2N([C@H]2c3ccccc3CSc3ccccc32)CN1C1CC(SC2CC2)C1. The first kappa shape index (κ1) is 22.4. The highest BCUT2D eigenvalue weighted by atomic mass is 32.2. The standard InChI is InChI=1S/C28H27N3O3S2/c32-23-11-12-30-26(27(23)33)28(34)29(18-13-20(14-18)36-19-9-10-19)16-31(30)25-21-6-2-1-5-17(21)15-35-24-8-4-3-7-22(24)25/h1-8,11-12,18-20,25,33H,9-10,13-16H2/t18?,20?,25-/m0/s1. The van der Waals surface area contributed by atoms with Crippen LogP contribution in [0.2, 0.25) is 0 Å². The second kappa shape index (κ2) is 8.63. The summed E-state index contributed by atoms with van der Waals surface area (Å²) in [7, 11) is 0. The van der Waals surface area contributed by atoms with E-state index in [0.29, 0.717) is 11.9 Å². The third-order valence-electron chi connectivity index (χ3n) is 7.76. The van der Waals surface area contributed by atoms with E-state index >= 15 is 0 Å². The predicted molar refractivity (Wildman–Crippen MR) is 143 cm³/mol. The summed E-state index contributed by atoms with van der Waals surface area (Å²) in [4.78, 5) is 29.3. The fraction of sp³-hybridized carbons (Fsp3) is 0.357. The van der Waals surface area contributed by atoms with Crippen molar-refractivity contribution in [3.8, 4) is 5.75 Å². The van der Waals surface area contributed by atoms with Crippen LogP contribution in [-0.4, -0.2) is 43.8 Å². The summed E-state index contributed by atoms with van der Waals surface area (Å²) in [6.45, 7) is 0.400. The molecule has 184 valence electrons. The molecule has 7 rings (SSSR count). The lowest BCUT2D eigenvalue weighted by Gasteiger charge is -2.50. The van der Waals surface area contributed by atoms with Gasteiger partial charge >= 0.3 is 0 Å². The quantitative estimate of drug-likeness (QED) is 0.540. The minimum absolute atomic E-state index is 0.0684. The van der Waals surface area contributed by atoms with Crippen LogP contribution in [0.15, 0.2) is 70.5 Å². The number of fused-ring (bicyclic) bond motifs is 3. The molecule has 0 unspecified atom stereocenters. The minimum Gasteiger partial charge on any atom is -0.502 e. The summed E-state index contributed by atoms with van der Waals surface area (Å²) in [5.74, 6) is 0.140. The second-order valence-corrected chi connectivity index (χ2v) is 12.7. The van der Waals surface area contributed by atoms with Crippen molar-refractivity contribution in [3.05, 3.63) is 93.4 Å². The fourth-order valence-corrected chi connectivity index (χ4v) is 8.35. The van der Waals surface area contributed by atoms with E-state index in [4.69, 9.17) is 0 Å². The highest BCUT2D eigenvalue weighted by Gasteiger charge is 2.45. The molecule has 1 amide bonds. The van der Waals surface area contributed by atoms with Crippen LogP contribution in [0.25, 0.3) is 0 Å². The molecule has 1 atom stereocenters. The van der Waals surface area contributed by atoms with Crippen molar-refractivity contribution in [2.75, 3.05) is 11.7 Å². The largest absolute Gasteiger partial charge is 0.502 e. The molecule has 0 saturated heterocycles. The molecule has 6 nitrogen and oxygen atoms in total. The molecule has 2 saturated carbocycles. The number of amides is 1. The first-order chi connectivity index (χ1) is 17.6. The molecule has 1 N–H and O–H groups in total. The number of nitrogens with zero attached hydrogens (tertiary/aromatic N) is 3. The van der Waals surface area contributed by atoms with Crippen LogP contribution < -0.4 is 10.4 Å². The Bertz CT molecular complexity index is 1370. The summed E-state index contributed by atoms with van der Waals surface area (Å²) in [6, 6.07) is 18.2. The van der Waals surface area contributed by atoms with E-state index in [0.717, 1.165) is 23.8 Å². The molecule has 0 spiro atoms. The maximum atomic E-state index is 13.7. The highest BCUT2D eigenvalue weighted by Crippen LogP contribution is 2.47. The Labute approximate surface area is 218 Å². The average molecular weight is 518 g/mol. The Morgan fingerprint density at radius 2 is 1.67 bits per heavy atom. The summed E-state index contributed by atoms with van der Waals surface area (Å²) in [5.41, 5.74) is 3.15. The molecule has 0 radical (unpaired) electrons. The van der Waals surface area contributed by atoms with Crippen LogP contribution >= 0.6 is 23.5 Å². The number of hydrogen-bond donors (Lipinski definition) is 1. The number of carbonyl (C=O) groups excluding carboxylic acids is 1. The Morgan fingerprint density at radius 1 is 0.917 bits per heavy atom. The van der Waals surface area contributed by atoms with E-state index in [9.17, 15) is 14.7 Å². The van der Waals surface area contributed by atoms with E-state index in [-0.39, 0.29) is 23.7 Å². The van der Waals surface area contributed by atoms with E-state index < -0.39 is 11.2 Å². The lowest BCUT2D eigenvalue weighted by Crippen LogP contribution is -2.61. The molecule has 3 aromatic rings. The van der Waals surface area contributed by atoms with Gasteiger partial charge in [-0.15, -0.1) is 11.8 Å². The van der Waals surface area contributed by atoms with Gasteiger partial charge in [0, 0.05) is 39.5 Å². The molecule has 4 aliphatic rings. The molecule has 2 aliphatic carbocycles. The molecule has 1 aromatic heterocycles. The van der Waals surface area contributed by atoms with Crippen molar-refractivity contribution >= 4 is 29.4 Å². The molecule has 2 aromatic carbocycles. The van der Waals surface area contributed by atoms with Gasteiger partial charge in [-0.3, -0.25) is 19.3 Å². The molecule has 2 fully saturated rings. The van der Waals surface area contributed by atoms with Crippen molar-refractivity contribution in [3.63, 3.8) is 0 Å². The van der Waals surface area contributed by atoms with Crippen molar-refractivity contribution in [2.45, 2.75) is 58.9 Å². The van der Waals surface area contributed by atoms with Crippen LogP contribution in [0.1, 0.15) is 58.9 Å². The van der Waals surface area contributed by atoms with Gasteiger partial charge in [-0.25, -0.2) is 0 Å². The summed E-state index contributed by atoms with van der Waals surface area (Å²) in [6.07, 6.45) is 6.19. The maximum absolute atomic E-state index is 13.7. The van der Waals surface area contributed by atoms with Gasteiger partial charge in [0.1, 0.15) is 6.67 Å². The first-order valence-corrected chi connectivity index (χ1v) is 14.5. The molecular weight excluding hydrogens is 490 g/mol. The minimum atomic E-state index is -0.524. The molecule has 0 bridgehead atoms. The van der Waals surface area contributed by atoms with Crippen LogP contribution in [-0.2, 0) is 5.75 Å². The van der Waals surface area contributed by atoms with Crippen molar-refractivity contribution in [2.24, 2.45) is 0 Å². The Morgan fingerprint density at radius 3 is 2.47 bits per heavy atom. The smallest absolute Gasteiger partial charge is 0.278 e. The zero-order valence-electron chi connectivity index (χ0n) is 19.7. The van der Waals surface area contributed by atoms with Gasteiger partial charge in [-0.1, -0.05) is 42.5 Å². The molecule has 3 heterocycles. The van der Waals surface area contributed by atoms with Gasteiger partial charge in [0.2, 0.25) is 5.43 Å². The van der Waals surface area contributed by atoms with E-state index in [1.807, 2.05) is 16.7 Å². The summed E-state index contributed by atoms with van der Waals surface area (Å²) in [5, 5.41) is 14.4. The monoisotopic (exact) mass is 517 g/mol. The van der Waals surface area contributed by atoms with Crippen LogP contribution in [0.4, 0.5) is 0 Å². The normalized spacial score (nSPS) is 24.9. The number of thioether (sulfide) groups is 2. The number of aromatic nitrogens is 1. The highest BCUT2D eigenvalue weighted by molar-refractivity contribution is 8.00. The van der Waals surface area contributed by atoms with E-state index in [1.54, 1.807) is 10.9 Å². The number of aromatic hydroxyl groups is 1. The number of benzene rings is 2. The molecule has 36 heavy (non-hydrogen) atoms. The van der Waals surface area contributed by atoms with Crippen molar-refractivity contribution < 1.29 is 9.90 Å². The van der Waals surface area contributed by atoms with Gasteiger partial charge in [0.05, 0.1) is 6.04 Å². The van der Waals surface area contributed by atoms with Gasteiger partial charge < -0.3 is 10.0 Å². The molecular formula is C28H27N3O3S2. The molecule has 2 aliphatic heterocycles. The zero-order valence-corrected chi connectivity index (χ0v) is 21.4. The summed E-state index contributed by atoms with van der Waals surface area (Å²) < 4.78 is 1.72. The lowest BCUT2D eigenvalue weighted by molar-refractivity contribution is 0.0490. The Kier molecular flexibility index (Phi) is 5.36. The first-order valence-electron chi connectivity index (χ1n) is 12.6. The van der Waals surface area contributed by atoms with E-state index in [1.165, 1.54) is 40.5 Å². The second-order valence-electron chi connectivity index (χ2n) is 10.1. The van der Waals surface area contributed by atoms with Crippen molar-refractivity contribution in [1.82, 2.24) is 9.58 Å². The van der Waals surface area contributed by atoms with Crippen LogP contribution in [0.5, 0.6) is 5.75 Å². The van der Waals surface area contributed by atoms with E-state index in [2.05, 4.69) is 65.3 Å². The third kappa shape index (κ3) is 3.65. The predicted octanol–water partition coefficient (Wildman–Crippen LogP) is 4.73. The Hall–Kier alpha value is -2.84. The molecule has 8 heteroatoms. The topological polar surface area (TPSA) is 65.8 Å². The lowest BCUT2D eigenvalue weighted by atomic mass is 9.90. The van der Waals surface area contributed by atoms with Crippen LogP contribution in [0, 0.1) is 0 Å². The summed E-state index contributed by atoms with van der Waals surface area (Å²) >= 11 is 3.89. The number of carbonyl (C=O) groups is 1. The third-order valence-corrected chi connectivity index (χ3v) is 10.5. The number of rotatable bonds is 4. The number of hydrogen-bond acceptors (Lipinski definition) is 6. The fourth-order valence-electron chi connectivity index (χ4n) is 5.64. The average Bonchev–Trinajstić information content (AvgIpc) is 3.70. The van der Waals surface area contributed by atoms with Gasteiger partial charge in [-0.05, 0) is 48.4 Å². The number of pyridine rings is 1.